The third kappa shape index (κ3) is 4.25. The summed E-state index contributed by atoms with van der Waals surface area (Å²) in [6.45, 7) is 2.08. The number of nitrogens with one attached hydrogen (secondary N) is 1. The number of anilines is 1. The second-order valence-corrected chi connectivity index (χ2v) is 6.15. The molecule has 0 radical (unpaired) electrons. The predicted molar refractivity (Wildman–Crippen MR) is 101 cm³/mol. The first-order valence-electron chi connectivity index (χ1n) is 8.49. The number of benzene rings is 1. The zero-order valence-electron chi connectivity index (χ0n) is 15.1. The van der Waals surface area contributed by atoms with Gasteiger partial charge in [-0.05, 0) is 35.4 Å². The monoisotopic (exact) mass is 368 g/mol. The Kier molecular flexibility index (Phi) is 5.40. The van der Waals surface area contributed by atoms with Crippen molar-refractivity contribution in [2.75, 3.05) is 25.1 Å². The average Bonchev–Trinajstić information content (AvgIpc) is 2.92. The Balaban J connectivity index is 1.76. The van der Waals surface area contributed by atoms with Crippen LogP contribution in [-0.2, 0) is 9.53 Å². The van der Waals surface area contributed by atoms with Gasteiger partial charge >= 0.3 is 6.09 Å². The van der Waals surface area contributed by atoms with Crippen molar-refractivity contribution >= 4 is 17.7 Å². The molecule has 7 heteroatoms. The second-order valence-electron chi connectivity index (χ2n) is 6.15. The van der Waals surface area contributed by atoms with Crippen molar-refractivity contribution in [1.29, 1.82) is 0 Å². The largest absolute Gasteiger partial charge is 0.493 e. The number of methoxy groups -OCH3 is 1. The van der Waals surface area contributed by atoms with Crippen LogP contribution in [0.3, 0.4) is 0 Å². The molecule has 1 aliphatic heterocycles. The third-order valence-corrected chi connectivity index (χ3v) is 4.26. The summed E-state index contributed by atoms with van der Waals surface area (Å²) in [6, 6.07) is 14.0. The number of hydrogen-bond donors (Lipinski definition) is 1. The summed E-state index contributed by atoms with van der Waals surface area (Å²) in [5, 5.41) is 2.65. The maximum Gasteiger partial charge on any atom is 0.414 e. The molecule has 2 aromatic rings. The maximum atomic E-state index is 12.1. The molecule has 1 saturated heterocycles. The lowest BCUT2D eigenvalue weighted by atomic mass is 10.1. The number of carbonyl (C=O) groups excluding carboxylic acids is 2. The van der Waals surface area contributed by atoms with Crippen LogP contribution >= 0.6 is 0 Å². The Morgan fingerprint density at radius 1 is 1.11 bits per heavy atom. The maximum absolute atomic E-state index is 12.1. The van der Waals surface area contributed by atoms with Crippen LogP contribution in [0.5, 0.6) is 5.75 Å². The zero-order chi connectivity index (χ0) is 19.4. The van der Waals surface area contributed by atoms with Crippen LogP contribution in [-0.4, -0.2) is 38.3 Å². The van der Waals surface area contributed by atoms with Crippen LogP contribution in [0.25, 0.3) is 11.1 Å². The molecule has 0 aliphatic carbocycles. The molecular weight excluding hydrogens is 348 g/mol. The van der Waals surface area contributed by atoms with Gasteiger partial charge in [0.2, 0.25) is 11.3 Å². The highest BCUT2D eigenvalue weighted by Gasteiger charge is 2.32. The van der Waals surface area contributed by atoms with Gasteiger partial charge in [0.1, 0.15) is 6.10 Å². The zero-order valence-corrected chi connectivity index (χ0v) is 15.1. The summed E-state index contributed by atoms with van der Waals surface area (Å²) in [5.74, 6) is 0.116. The summed E-state index contributed by atoms with van der Waals surface area (Å²) in [5.41, 5.74) is 2.27. The summed E-state index contributed by atoms with van der Waals surface area (Å²) in [6.07, 6.45) is -0.817. The van der Waals surface area contributed by atoms with E-state index in [1.165, 1.54) is 25.0 Å². The number of rotatable bonds is 5. The minimum absolute atomic E-state index is 0.164. The van der Waals surface area contributed by atoms with Gasteiger partial charge < -0.3 is 14.8 Å². The quantitative estimate of drug-likeness (QED) is 0.874. The number of ether oxygens (including phenoxy) is 2. The van der Waals surface area contributed by atoms with Gasteiger partial charge in [-0.3, -0.25) is 14.5 Å². The fourth-order valence-electron chi connectivity index (χ4n) is 2.84. The Morgan fingerprint density at radius 2 is 1.74 bits per heavy atom. The van der Waals surface area contributed by atoms with Gasteiger partial charge in [-0.25, -0.2) is 4.79 Å². The molecule has 1 N–H and O–H groups in total. The first-order valence-corrected chi connectivity index (χ1v) is 8.49. The lowest BCUT2D eigenvalue weighted by Crippen LogP contribution is -2.33. The molecule has 27 heavy (non-hydrogen) atoms. The highest BCUT2D eigenvalue weighted by atomic mass is 16.6. The SMILES string of the molecule is COc1ccc(-c2ccc(N3CC(CNC(C)=O)OC3=O)cc2)ccc1=O. The highest BCUT2D eigenvalue weighted by Crippen LogP contribution is 2.26. The number of nitrogens with zero attached hydrogens (tertiary/aromatic N) is 1. The van der Waals surface area contributed by atoms with E-state index < -0.39 is 6.09 Å². The molecule has 1 fully saturated rings. The molecule has 0 spiro atoms. The lowest BCUT2D eigenvalue weighted by Gasteiger charge is -2.13. The molecule has 0 aromatic heterocycles. The van der Waals surface area contributed by atoms with Gasteiger partial charge in [-0.2, -0.15) is 0 Å². The summed E-state index contributed by atoms with van der Waals surface area (Å²) < 4.78 is 10.3. The molecule has 1 atom stereocenters. The van der Waals surface area contributed by atoms with E-state index in [4.69, 9.17) is 9.47 Å². The first kappa shape index (κ1) is 18.4. The van der Waals surface area contributed by atoms with E-state index in [2.05, 4.69) is 5.32 Å². The van der Waals surface area contributed by atoms with Crippen LogP contribution in [0.2, 0.25) is 0 Å². The van der Waals surface area contributed by atoms with Gasteiger partial charge in [0.05, 0.1) is 20.2 Å². The Bertz CT molecular complexity index is 911. The summed E-state index contributed by atoms with van der Waals surface area (Å²) >= 11 is 0. The molecule has 0 saturated carbocycles. The van der Waals surface area contributed by atoms with Gasteiger partial charge in [-0.1, -0.05) is 24.3 Å². The normalized spacial score (nSPS) is 16.0. The van der Waals surface area contributed by atoms with Crippen molar-refractivity contribution in [2.24, 2.45) is 0 Å². The molecule has 2 amide bonds. The van der Waals surface area contributed by atoms with Crippen LogP contribution in [0.1, 0.15) is 6.92 Å². The van der Waals surface area contributed by atoms with Crippen LogP contribution in [0.4, 0.5) is 10.5 Å². The number of cyclic esters (lactones) is 1. The number of amides is 2. The molecule has 3 rings (SSSR count). The van der Waals surface area contributed by atoms with E-state index in [0.29, 0.717) is 12.2 Å². The van der Waals surface area contributed by atoms with E-state index in [-0.39, 0.29) is 29.7 Å². The Hall–Kier alpha value is -3.35. The first-order chi connectivity index (χ1) is 13.0. The lowest BCUT2D eigenvalue weighted by molar-refractivity contribution is -0.119. The van der Waals surface area contributed by atoms with Crippen molar-refractivity contribution in [3.63, 3.8) is 0 Å². The average molecular weight is 368 g/mol. The van der Waals surface area contributed by atoms with Crippen molar-refractivity contribution < 1.29 is 19.1 Å². The molecule has 2 aromatic carbocycles. The number of carbonyl (C=O) groups is 2. The summed E-state index contributed by atoms with van der Waals surface area (Å²) in [7, 11) is 1.46. The third-order valence-electron chi connectivity index (χ3n) is 4.26. The van der Waals surface area contributed by atoms with E-state index in [1.54, 1.807) is 12.1 Å². The smallest absolute Gasteiger partial charge is 0.414 e. The van der Waals surface area contributed by atoms with Crippen LogP contribution < -0.4 is 20.4 Å². The molecule has 1 heterocycles. The minimum Gasteiger partial charge on any atom is -0.493 e. The van der Waals surface area contributed by atoms with E-state index in [0.717, 1.165) is 11.1 Å². The molecular formula is C20H20N2O5. The highest BCUT2D eigenvalue weighted by molar-refractivity contribution is 5.90. The van der Waals surface area contributed by atoms with Crippen molar-refractivity contribution in [2.45, 2.75) is 13.0 Å². The van der Waals surface area contributed by atoms with Crippen molar-refractivity contribution in [3.05, 3.63) is 58.8 Å². The van der Waals surface area contributed by atoms with E-state index in [1.807, 2.05) is 30.3 Å². The van der Waals surface area contributed by atoms with Gasteiger partial charge in [0, 0.05) is 12.6 Å². The van der Waals surface area contributed by atoms with Gasteiger partial charge in [-0.15, -0.1) is 0 Å². The fraction of sp³-hybridized carbons (Fsp3) is 0.250. The Labute approximate surface area is 156 Å². The summed E-state index contributed by atoms with van der Waals surface area (Å²) in [4.78, 5) is 36.4. The fourth-order valence-corrected chi connectivity index (χ4v) is 2.84. The van der Waals surface area contributed by atoms with Gasteiger partial charge in [0.25, 0.3) is 0 Å². The molecule has 1 unspecified atom stereocenters. The second kappa shape index (κ2) is 7.90. The predicted octanol–water partition coefficient (Wildman–Crippen LogP) is 2.18. The standard InChI is InChI=1S/C20H20N2O5/c1-13(23)21-11-17-12-22(20(25)27-17)16-7-3-14(4-8-16)15-5-9-18(24)19(26-2)10-6-15/h3-10,17H,11-12H2,1-2H3,(H,21,23). The minimum atomic E-state index is -0.440. The molecule has 7 nitrogen and oxygen atoms in total. The van der Waals surface area contributed by atoms with Gasteiger partial charge in [0.15, 0.2) is 5.75 Å². The van der Waals surface area contributed by atoms with E-state index >= 15 is 0 Å². The topological polar surface area (TPSA) is 84.9 Å². The molecule has 0 bridgehead atoms. The Morgan fingerprint density at radius 3 is 2.37 bits per heavy atom. The van der Waals surface area contributed by atoms with E-state index in [9.17, 15) is 14.4 Å². The van der Waals surface area contributed by atoms with Crippen LogP contribution in [0, 0.1) is 0 Å². The van der Waals surface area contributed by atoms with Crippen LogP contribution in [0.15, 0.2) is 53.3 Å². The molecule has 1 aliphatic rings. The van der Waals surface area contributed by atoms with Crippen molar-refractivity contribution in [3.8, 4) is 16.9 Å². The number of hydrogen-bond acceptors (Lipinski definition) is 5. The van der Waals surface area contributed by atoms with Crippen molar-refractivity contribution in [1.82, 2.24) is 5.32 Å². The molecule has 140 valence electrons.